The molecule has 1 aliphatic rings. The molecule has 2 aromatic carbocycles. The Hall–Kier alpha value is -2.40. The molecule has 0 radical (unpaired) electrons. The first-order valence-electron chi connectivity index (χ1n) is 8.35. The zero-order chi connectivity index (χ0) is 18.8. The average molecular weight is 376 g/mol. The van der Waals surface area contributed by atoms with Crippen molar-refractivity contribution >= 4 is 17.5 Å². The first-order valence-corrected chi connectivity index (χ1v) is 8.73. The summed E-state index contributed by atoms with van der Waals surface area (Å²) in [5.41, 5.74) is 3.10. The number of ether oxygens (including phenoxy) is 3. The second kappa shape index (κ2) is 7.46. The van der Waals surface area contributed by atoms with Gasteiger partial charge in [0.25, 0.3) is 0 Å². The molecular weight excluding hydrogens is 354 g/mol. The van der Waals surface area contributed by atoms with Crippen molar-refractivity contribution < 1.29 is 19.0 Å². The highest BCUT2D eigenvalue weighted by Crippen LogP contribution is 2.42. The zero-order valence-corrected chi connectivity index (χ0v) is 16.1. The summed E-state index contributed by atoms with van der Waals surface area (Å²) in [5, 5.41) is 0.536. The largest absolute Gasteiger partial charge is 0.495 e. The Morgan fingerprint density at radius 3 is 2.31 bits per heavy atom. The lowest BCUT2D eigenvalue weighted by atomic mass is 9.87. The van der Waals surface area contributed by atoms with Gasteiger partial charge < -0.3 is 19.1 Å². The lowest BCUT2D eigenvalue weighted by Gasteiger charge is -2.37. The molecule has 0 aromatic heterocycles. The van der Waals surface area contributed by atoms with Crippen LogP contribution in [0.5, 0.6) is 17.2 Å². The van der Waals surface area contributed by atoms with E-state index in [1.54, 1.807) is 34.3 Å². The van der Waals surface area contributed by atoms with Crippen LogP contribution in [0.1, 0.15) is 29.7 Å². The van der Waals surface area contributed by atoms with Gasteiger partial charge >= 0.3 is 0 Å². The Bertz CT molecular complexity index is 837. The van der Waals surface area contributed by atoms with Crippen molar-refractivity contribution in [1.82, 2.24) is 4.90 Å². The van der Waals surface area contributed by atoms with Crippen LogP contribution in [0.2, 0.25) is 5.02 Å². The Labute approximate surface area is 158 Å². The van der Waals surface area contributed by atoms with Crippen LogP contribution in [0, 0.1) is 0 Å². The molecular formula is C20H22ClNO4. The lowest BCUT2D eigenvalue weighted by molar-refractivity contribution is -0.130. The summed E-state index contributed by atoms with van der Waals surface area (Å²) < 4.78 is 16.3. The molecule has 1 aliphatic heterocycles. The normalized spacial score (nSPS) is 16.0. The highest BCUT2D eigenvalue weighted by atomic mass is 35.5. The number of benzene rings is 2. The molecule has 0 unspecified atom stereocenters. The maximum Gasteiger partial charge on any atom is 0.220 e. The minimum Gasteiger partial charge on any atom is -0.495 e. The highest BCUT2D eigenvalue weighted by Gasteiger charge is 2.32. The highest BCUT2D eigenvalue weighted by molar-refractivity contribution is 6.32. The minimum absolute atomic E-state index is 0.0179. The summed E-state index contributed by atoms with van der Waals surface area (Å²) in [6, 6.07) is 9.32. The van der Waals surface area contributed by atoms with E-state index in [1.165, 1.54) is 0 Å². The van der Waals surface area contributed by atoms with Crippen molar-refractivity contribution in [3.8, 4) is 17.2 Å². The summed E-state index contributed by atoms with van der Waals surface area (Å²) in [4.78, 5) is 14.2. The van der Waals surface area contributed by atoms with E-state index in [9.17, 15) is 4.79 Å². The van der Waals surface area contributed by atoms with E-state index in [1.807, 2.05) is 29.2 Å². The Morgan fingerprint density at radius 1 is 1.04 bits per heavy atom. The summed E-state index contributed by atoms with van der Waals surface area (Å²) in [5.74, 6) is 1.93. The van der Waals surface area contributed by atoms with Crippen LogP contribution in [0.3, 0.4) is 0 Å². The van der Waals surface area contributed by atoms with Crippen molar-refractivity contribution in [3.63, 3.8) is 0 Å². The Balaban J connectivity index is 2.19. The number of hydrogen-bond donors (Lipinski definition) is 0. The number of halogens is 1. The molecule has 1 atom stereocenters. The van der Waals surface area contributed by atoms with Crippen molar-refractivity contribution in [2.75, 3.05) is 27.9 Å². The van der Waals surface area contributed by atoms with Gasteiger partial charge in [-0.15, -0.1) is 0 Å². The predicted octanol–water partition coefficient (Wildman–Crippen LogP) is 3.86. The second-order valence-electron chi connectivity index (χ2n) is 6.16. The molecule has 5 nitrogen and oxygen atoms in total. The smallest absolute Gasteiger partial charge is 0.220 e. The molecule has 6 heteroatoms. The first kappa shape index (κ1) is 18.4. The van der Waals surface area contributed by atoms with Gasteiger partial charge in [-0.3, -0.25) is 4.79 Å². The molecule has 0 spiro atoms. The van der Waals surface area contributed by atoms with Crippen molar-refractivity contribution in [2.45, 2.75) is 19.4 Å². The third-order valence-electron chi connectivity index (χ3n) is 4.77. The first-order chi connectivity index (χ1) is 12.5. The molecule has 0 aliphatic carbocycles. The molecule has 0 N–H and O–H groups in total. The van der Waals surface area contributed by atoms with E-state index in [4.69, 9.17) is 25.8 Å². The number of rotatable bonds is 4. The Morgan fingerprint density at radius 2 is 1.69 bits per heavy atom. The molecule has 2 aromatic rings. The molecule has 3 rings (SSSR count). The van der Waals surface area contributed by atoms with Crippen LogP contribution >= 0.6 is 11.6 Å². The fourth-order valence-electron chi connectivity index (χ4n) is 3.49. The van der Waals surface area contributed by atoms with E-state index in [0.717, 1.165) is 23.1 Å². The summed E-state index contributed by atoms with van der Waals surface area (Å²) in [6.07, 6.45) is 0.760. The number of methoxy groups -OCH3 is 3. The van der Waals surface area contributed by atoms with Crippen molar-refractivity contribution in [2.24, 2.45) is 0 Å². The van der Waals surface area contributed by atoms with Gasteiger partial charge in [0.05, 0.1) is 32.4 Å². The number of carbonyl (C=O) groups is 1. The van der Waals surface area contributed by atoms with Crippen LogP contribution in [-0.4, -0.2) is 38.7 Å². The third kappa shape index (κ3) is 3.19. The lowest BCUT2D eigenvalue weighted by Crippen LogP contribution is -2.39. The fraction of sp³-hybridized carbons (Fsp3) is 0.350. The third-order valence-corrected chi connectivity index (χ3v) is 5.08. The minimum atomic E-state index is -0.234. The van der Waals surface area contributed by atoms with Gasteiger partial charge in [-0.25, -0.2) is 0 Å². The van der Waals surface area contributed by atoms with Crippen molar-refractivity contribution in [3.05, 3.63) is 52.0 Å². The van der Waals surface area contributed by atoms with Crippen LogP contribution < -0.4 is 14.2 Å². The van der Waals surface area contributed by atoms with E-state index in [0.29, 0.717) is 28.8 Å². The number of hydrogen-bond acceptors (Lipinski definition) is 4. The monoisotopic (exact) mass is 375 g/mol. The summed E-state index contributed by atoms with van der Waals surface area (Å²) in [6.45, 7) is 2.22. The average Bonchev–Trinajstić information content (AvgIpc) is 2.66. The number of nitrogens with zero attached hydrogens (tertiary/aromatic N) is 1. The van der Waals surface area contributed by atoms with Gasteiger partial charge in [0.1, 0.15) is 5.75 Å². The van der Waals surface area contributed by atoms with E-state index in [-0.39, 0.29) is 11.9 Å². The zero-order valence-electron chi connectivity index (χ0n) is 15.3. The van der Waals surface area contributed by atoms with Crippen LogP contribution in [0.4, 0.5) is 0 Å². The SMILES string of the molecule is COc1cc([C@@H]2c3cc(OC)c(OC)cc3CCN2C(C)=O)ccc1Cl. The van der Waals surface area contributed by atoms with Gasteiger partial charge in [0, 0.05) is 13.5 Å². The second-order valence-corrected chi connectivity index (χ2v) is 6.57. The standard InChI is InChI=1S/C20H22ClNO4/c1-12(23)22-8-7-13-9-18(25-3)19(26-4)11-15(13)20(22)14-5-6-16(21)17(10-14)24-2/h5-6,9-11,20H,7-8H2,1-4H3/t20-/m1/s1. The number of fused-ring (bicyclic) bond motifs is 1. The molecule has 0 bridgehead atoms. The van der Waals surface area contributed by atoms with Gasteiger partial charge in [-0.1, -0.05) is 17.7 Å². The van der Waals surface area contributed by atoms with E-state index in [2.05, 4.69) is 0 Å². The van der Waals surface area contributed by atoms with Crippen LogP contribution in [0.15, 0.2) is 30.3 Å². The topological polar surface area (TPSA) is 48.0 Å². The molecule has 138 valence electrons. The quantitative estimate of drug-likeness (QED) is 0.814. The van der Waals surface area contributed by atoms with E-state index >= 15 is 0 Å². The number of amides is 1. The molecule has 0 saturated heterocycles. The predicted molar refractivity (Wildman–Crippen MR) is 100 cm³/mol. The summed E-state index contributed by atoms with van der Waals surface area (Å²) in [7, 11) is 4.81. The van der Waals surface area contributed by atoms with Crippen molar-refractivity contribution in [1.29, 1.82) is 0 Å². The maximum absolute atomic E-state index is 12.3. The molecule has 26 heavy (non-hydrogen) atoms. The van der Waals surface area contributed by atoms with Gasteiger partial charge in [-0.2, -0.15) is 0 Å². The molecule has 1 heterocycles. The summed E-state index contributed by atoms with van der Waals surface area (Å²) >= 11 is 6.18. The molecule has 1 amide bonds. The fourth-order valence-corrected chi connectivity index (χ4v) is 3.69. The van der Waals surface area contributed by atoms with Gasteiger partial charge in [0.2, 0.25) is 5.91 Å². The maximum atomic E-state index is 12.3. The Kier molecular flexibility index (Phi) is 5.28. The van der Waals surface area contributed by atoms with Gasteiger partial charge in [-0.05, 0) is 47.4 Å². The van der Waals surface area contributed by atoms with Crippen LogP contribution in [-0.2, 0) is 11.2 Å². The van der Waals surface area contributed by atoms with Crippen LogP contribution in [0.25, 0.3) is 0 Å². The van der Waals surface area contributed by atoms with Gasteiger partial charge in [0.15, 0.2) is 11.5 Å². The molecule has 0 fully saturated rings. The van der Waals surface area contributed by atoms with E-state index < -0.39 is 0 Å². The number of carbonyl (C=O) groups excluding carboxylic acids is 1. The molecule has 0 saturated carbocycles.